The quantitative estimate of drug-likeness (QED) is 0.576. The molecular formula is C10H11N3OS. The summed E-state index contributed by atoms with van der Waals surface area (Å²) in [4.78, 5) is 4.88. The van der Waals surface area contributed by atoms with Gasteiger partial charge >= 0.3 is 0 Å². The predicted octanol–water partition coefficient (Wildman–Crippen LogP) is 1.51. The van der Waals surface area contributed by atoms with E-state index < -0.39 is 0 Å². The van der Waals surface area contributed by atoms with Gasteiger partial charge < -0.3 is 4.74 Å². The minimum Gasteiger partial charge on any atom is -0.491 e. The van der Waals surface area contributed by atoms with E-state index in [4.69, 9.17) is 17.0 Å². The van der Waals surface area contributed by atoms with Crippen LogP contribution in [0, 0.1) is 0 Å². The number of pyridine rings is 1. The second-order valence-electron chi connectivity index (χ2n) is 3.18. The van der Waals surface area contributed by atoms with E-state index in [9.17, 15) is 0 Å². The molecule has 1 aliphatic heterocycles. The molecule has 78 valence electrons. The number of hydrazone groups is 1. The van der Waals surface area contributed by atoms with Crippen LogP contribution in [0.25, 0.3) is 0 Å². The molecule has 0 atom stereocenters. The monoisotopic (exact) mass is 221 g/mol. The smallest absolute Gasteiger partial charge is 0.146 e. The maximum absolute atomic E-state index is 5.46. The van der Waals surface area contributed by atoms with Gasteiger partial charge in [0, 0.05) is 12.6 Å². The Morgan fingerprint density at radius 2 is 2.53 bits per heavy atom. The molecule has 1 aromatic heterocycles. The molecule has 4 nitrogen and oxygen atoms in total. The molecule has 0 spiro atoms. The number of thiocarbonyl (C=S) groups is 1. The summed E-state index contributed by atoms with van der Waals surface area (Å²) < 4.78 is 5.46. The Balaban J connectivity index is 2.29. The largest absolute Gasteiger partial charge is 0.491 e. The lowest BCUT2D eigenvalue weighted by molar-refractivity contribution is 0.318. The highest BCUT2D eigenvalue weighted by molar-refractivity contribution is 7.80. The lowest BCUT2D eigenvalue weighted by Gasteiger charge is -2.17. The highest BCUT2D eigenvalue weighted by atomic mass is 32.1. The first-order valence-electron chi connectivity index (χ1n) is 4.68. The van der Waals surface area contributed by atoms with Gasteiger partial charge in [-0.3, -0.25) is 10.4 Å². The van der Waals surface area contributed by atoms with Crippen LogP contribution in [-0.2, 0) is 0 Å². The van der Waals surface area contributed by atoms with Gasteiger partial charge in [-0.25, -0.2) is 0 Å². The molecule has 2 rings (SSSR count). The Morgan fingerprint density at radius 3 is 3.33 bits per heavy atom. The van der Waals surface area contributed by atoms with Gasteiger partial charge in [0.15, 0.2) is 0 Å². The molecule has 15 heavy (non-hydrogen) atoms. The molecule has 2 heterocycles. The third-order valence-corrected chi connectivity index (χ3v) is 2.08. The van der Waals surface area contributed by atoms with Crippen molar-refractivity contribution in [3.63, 3.8) is 0 Å². The van der Waals surface area contributed by atoms with E-state index in [1.807, 2.05) is 12.1 Å². The molecule has 1 N–H and O–H groups in total. The fraction of sp³-hybridized carbons (Fsp3) is 0.300. The van der Waals surface area contributed by atoms with E-state index in [-0.39, 0.29) is 0 Å². The summed E-state index contributed by atoms with van der Waals surface area (Å²) in [5.41, 5.74) is 4.47. The van der Waals surface area contributed by atoms with Crippen LogP contribution in [-0.4, -0.2) is 22.3 Å². The normalized spacial score (nSPS) is 16.7. The van der Waals surface area contributed by atoms with Crippen LogP contribution in [0.2, 0.25) is 0 Å². The summed E-state index contributed by atoms with van der Waals surface area (Å²) in [6.07, 6.45) is 2.48. The van der Waals surface area contributed by atoms with Gasteiger partial charge in [0.25, 0.3) is 0 Å². The summed E-state index contributed by atoms with van der Waals surface area (Å²) in [6, 6.07) is 3.74. The van der Waals surface area contributed by atoms with Crippen LogP contribution < -0.4 is 10.2 Å². The lowest BCUT2D eigenvalue weighted by atomic mass is 10.1. The van der Waals surface area contributed by atoms with Crippen molar-refractivity contribution in [3.8, 4) is 5.75 Å². The maximum Gasteiger partial charge on any atom is 0.146 e. The molecule has 0 fully saturated rings. The number of hydrogen-bond donors (Lipinski definition) is 1. The third-order valence-electron chi connectivity index (χ3n) is 1.99. The Hall–Kier alpha value is -1.49. The second-order valence-corrected chi connectivity index (χ2v) is 3.79. The number of rotatable bonds is 1. The fourth-order valence-corrected chi connectivity index (χ4v) is 1.40. The topological polar surface area (TPSA) is 46.5 Å². The molecule has 0 saturated carbocycles. The van der Waals surface area contributed by atoms with Gasteiger partial charge in [-0.2, -0.15) is 5.10 Å². The SMILES string of the molecule is CC(=S)N/N=C1/CCOc2cccnc21. The van der Waals surface area contributed by atoms with E-state index in [0.29, 0.717) is 11.6 Å². The van der Waals surface area contributed by atoms with Crippen LogP contribution in [0.3, 0.4) is 0 Å². The van der Waals surface area contributed by atoms with E-state index >= 15 is 0 Å². The van der Waals surface area contributed by atoms with Crippen molar-refractivity contribution in [2.75, 3.05) is 6.61 Å². The van der Waals surface area contributed by atoms with Crippen molar-refractivity contribution in [1.82, 2.24) is 10.4 Å². The molecule has 0 saturated heterocycles. The first kappa shape index (κ1) is 10.0. The van der Waals surface area contributed by atoms with Crippen molar-refractivity contribution in [2.24, 2.45) is 5.10 Å². The Morgan fingerprint density at radius 1 is 1.67 bits per heavy atom. The number of ether oxygens (including phenoxy) is 1. The first-order valence-corrected chi connectivity index (χ1v) is 5.09. The number of fused-ring (bicyclic) bond motifs is 1. The molecule has 0 aromatic carbocycles. The Kier molecular flexibility index (Phi) is 2.91. The Labute approximate surface area is 93.4 Å². The van der Waals surface area contributed by atoms with Gasteiger partial charge in [-0.05, 0) is 19.1 Å². The highest BCUT2D eigenvalue weighted by Gasteiger charge is 2.17. The minimum absolute atomic E-state index is 0.635. The van der Waals surface area contributed by atoms with Gasteiger partial charge in [0.2, 0.25) is 0 Å². The number of nitrogens with zero attached hydrogens (tertiary/aromatic N) is 2. The zero-order chi connectivity index (χ0) is 10.7. The summed E-state index contributed by atoms with van der Waals surface area (Å²) in [7, 11) is 0. The second kappa shape index (κ2) is 4.35. The van der Waals surface area contributed by atoms with Crippen molar-refractivity contribution >= 4 is 22.9 Å². The fourth-order valence-electron chi connectivity index (χ4n) is 1.35. The zero-order valence-corrected chi connectivity index (χ0v) is 9.17. The van der Waals surface area contributed by atoms with Crippen LogP contribution >= 0.6 is 12.2 Å². The van der Waals surface area contributed by atoms with Gasteiger partial charge in [-0.1, -0.05) is 12.2 Å². The summed E-state index contributed by atoms with van der Waals surface area (Å²) in [5.74, 6) is 0.784. The lowest BCUT2D eigenvalue weighted by Crippen LogP contribution is -2.22. The summed E-state index contributed by atoms with van der Waals surface area (Å²) >= 11 is 4.89. The van der Waals surface area contributed by atoms with Crippen molar-refractivity contribution in [3.05, 3.63) is 24.0 Å². The average Bonchev–Trinajstić information content (AvgIpc) is 2.26. The standard InChI is InChI=1S/C10H11N3OS/c1-7(15)12-13-8-4-6-14-9-3-2-5-11-10(8)9/h2-3,5H,4,6H2,1H3,(H,12,15)/b13-8-. The summed E-state index contributed by atoms with van der Waals surface area (Å²) in [6.45, 7) is 2.42. The molecule has 1 aromatic rings. The molecule has 1 aliphatic rings. The third kappa shape index (κ3) is 2.30. The van der Waals surface area contributed by atoms with Crippen LogP contribution in [0.4, 0.5) is 0 Å². The average molecular weight is 221 g/mol. The number of nitrogens with one attached hydrogen (secondary N) is 1. The molecule has 0 aliphatic carbocycles. The molecule has 0 bridgehead atoms. The highest BCUT2D eigenvalue weighted by Crippen LogP contribution is 2.21. The van der Waals surface area contributed by atoms with Crippen LogP contribution in [0.1, 0.15) is 19.0 Å². The first-order chi connectivity index (χ1) is 7.27. The molecule has 5 heteroatoms. The van der Waals surface area contributed by atoms with E-state index in [0.717, 1.165) is 23.6 Å². The molecule has 0 amide bonds. The predicted molar refractivity (Wildman–Crippen MR) is 62.3 cm³/mol. The van der Waals surface area contributed by atoms with Gasteiger partial charge in [0.1, 0.15) is 11.4 Å². The van der Waals surface area contributed by atoms with Crippen molar-refractivity contribution in [2.45, 2.75) is 13.3 Å². The van der Waals surface area contributed by atoms with Gasteiger partial charge in [0.05, 0.1) is 17.3 Å². The summed E-state index contributed by atoms with van der Waals surface area (Å²) in [5, 5.41) is 4.21. The number of aromatic nitrogens is 1. The Bertz CT molecular complexity index is 417. The minimum atomic E-state index is 0.635. The van der Waals surface area contributed by atoms with Crippen molar-refractivity contribution < 1.29 is 4.74 Å². The van der Waals surface area contributed by atoms with E-state index in [1.54, 1.807) is 13.1 Å². The number of hydrogen-bond acceptors (Lipinski definition) is 4. The zero-order valence-electron chi connectivity index (χ0n) is 8.36. The van der Waals surface area contributed by atoms with E-state index in [1.165, 1.54) is 0 Å². The van der Waals surface area contributed by atoms with E-state index in [2.05, 4.69) is 15.5 Å². The van der Waals surface area contributed by atoms with Crippen LogP contribution in [0.5, 0.6) is 5.75 Å². The molecule has 0 radical (unpaired) electrons. The van der Waals surface area contributed by atoms with Crippen molar-refractivity contribution in [1.29, 1.82) is 0 Å². The molecular weight excluding hydrogens is 210 g/mol. The van der Waals surface area contributed by atoms with Crippen LogP contribution in [0.15, 0.2) is 23.4 Å². The maximum atomic E-state index is 5.46. The molecule has 0 unspecified atom stereocenters. The van der Waals surface area contributed by atoms with Gasteiger partial charge in [-0.15, -0.1) is 0 Å².